The summed E-state index contributed by atoms with van der Waals surface area (Å²) in [5, 5.41) is 2.79. The first kappa shape index (κ1) is 22.5. The van der Waals surface area contributed by atoms with E-state index in [0.717, 1.165) is 12.8 Å². The predicted molar refractivity (Wildman–Crippen MR) is 128 cm³/mol. The zero-order chi connectivity index (χ0) is 23.4. The molecule has 4 rings (SSSR count). The first-order chi connectivity index (χ1) is 15.9. The summed E-state index contributed by atoms with van der Waals surface area (Å²) in [5.74, 6) is -0.522. The number of carbonyl (C=O) groups excluding carboxylic acids is 2. The quantitative estimate of drug-likeness (QED) is 0.599. The number of amides is 2. The van der Waals surface area contributed by atoms with Crippen LogP contribution in [0.5, 0.6) is 0 Å². The molecular formula is C25H25N3O4S. The lowest BCUT2D eigenvalue weighted by Crippen LogP contribution is -2.28. The average molecular weight is 464 g/mol. The van der Waals surface area contributed by atoms with Crippen molar-refractivity contribution in [3.8, 4) is 0 Å². The summed E-state index contributed by atoms with van der Waals surface area (Å²) in [6.07, 6.45) is 1.96. The standard InChI is InChI=1S/C25H25N3O4S/c1-27(20-9-3-2-4-10-20)33(31,32)21-15-13-19(14-16-21)24(29)26-23-12-6-5-11-22(23)25(30)28-17-7-8-18-28/h2-6,9-16H,7-8,17-18H2,1H3,(H,26,29). The molecule has 170 valence electrons. The van der Waals surface area contributed by atoms with Crippen LogP contribution in [0, 0.1) is 0 Å². The molecule has 0 aliphatic carbocycles. The number of carbonyl (C=O) groups is 2. The SMILES string of the molecule is CN(c1ccccc1)S(=O)(=O)c1ccc(C(=O)Nc2ccccc2C(=O)N2CCCC2)cc1. The summed E-state index contributed by atoms with van der Waals surface area (Å²) < 4.78 is 27.1. The lowest BCUT2D eigenvalue weighted by Gasteiger charge is -2.19. The van der Waals surface area contributed by atoms with Crippen LogP contribution < -0.4 is 9.62 Å². The van der Waals surface area contributed by atoms with Crippen LogP contribution in [-0.2, 0) is 10.0 Å². The molecule has 1 fully saturated rings. The minimum absolute atomic E-state index is 0.0787. The second-order valence-electron chi connectivity index (χ2n) is 7.83. The van der Waals surface area contributed by atoms with Gasteiger partial charge >= 0.3 is 0 Å². The van der Waals surface area contributed by atoms with Gasteiger partial charge in [-0.15, -0.1) is 0 Å². The van der Waals surface area contributed by atoms with Gasteiger partial charge in [-0.3, -0.25) is 13.9 Å². The van der Waals surface area contributed by atoms with Crippen LogP contribution in [0.15, 0.2) is 83.8 Å². The Kier molecular flexibility index (Phi) is 6.46. The normalized spacial score (nSPS) is 13.5. The number of rotatable bonds is 6. The average Bonchev–Trinajstić information content (AvgIpc) is 3.39. The third kappa shape index (κ3) is 4.75. The summed E-state index contributed by atoms with van der Waals surface area (Å²) in [5.41, 5.74) is 1.70. The van der Waals surface area contributed by atoms with Crippen molar-refractivity contribution in [3.05, 3.63) is 90.0 Å². The van der Waals surface area contributed by atoms with Crippen LogP contribution in [0.1, 0.15) is 33.6 Å². The van der Waals surface area contributed by atoms with Gasteiger partial charge in [0.2, 0.25) is 0 Å². The first-order valence-electron chi connectivity index (χ1n) is 10.7. The highest BCUT2D eigenvalue weighted by Crippen LogP contribution is 2.23. The summed E-state index contributed by atoms with van der Waals surface area (Å²) >= 11 is 0. The second kappa shape index (κ2) is 9.46. The highest BCUT2D eigenvalue weighted by atomic mass is 32.2. The van der Waals surface area contributed by atoms with Crippen LogP contribution in [0.3, 0.4) is 0 Å². The van der Waals surface area contributed by atoms with Gasteiger partial charge in [0.05, 0.1) is 21.8 Å². The van der Waals surface area contributed by atoms with Crippen molar-refractivity contribution in [3.63, 3.8) is 0 Å². The van der Waals surface area contributed by atoms with Crippen LogP contribution in [0.2, 0.25) is 0 Å². The van der Waals surface area contributed by atoms with E-state index in [4.69, 9.17) is 0 Å². The van der Waals surface area contributed by atoms with Crippen LogP contribution in [-0.4, -0.2) is 45.3 Å². The molecule has 0 unspecified atom stereocenters. The Morgan fingerprint density at radius 1 is 0.848 bits per heavy atom. The van der Waals surface area contributed by atoms with Gasteiger partial charge in [0.1, 0.15) is 0 Å². The largest absolute Gasteiger partial charge is 0.339 e. The molecule has 3 aromatic carbocycles. The molecule has 1 N–H and O–H groups in total. The van der Waals surface area contributed by atoms with E-state index < -0.39 is 15.9 Å². The molecule has 8 heteroatoms. The zero-order valence-corrected chi connectivity index (χ0v) is 19.1. The maximum atomic E-state index is 12.9. The number of sulfonamides is 1. The summed E-state index contributed by atoms with van der Waals surface area (Å²) in [4.78, 5) is 27.5. The van der Waals surface area contributed by atoms with E-state index in [2.05, 4.69) is 5.32 Å². The molecule has 2 amide bonds. The van der Waals surface area contributed by atoms with E-state index in [-0.39, 0.29) is 10.8 Å². The third-order valence-corrected chi connectivity index (χ3v) is 7.49. The van der Waals surface area contributed by atoms with Gasteiger partial charge in [-0.25, -0.2) is 8.42 Å². The number of hydrogen-bond donors (Lipinski definition) is 1. The van der Waals surface area contributed by atoms with Gasteiger partial charge < -0.3 is 10.2 Å². The lowest BCUT2D eigenvalue weighted by molar-refractivity contribution is 0.0794. The van der Waals surface area contributed by atoms with E-state index >= 15 is 0 Å². The van der Waals surface area contributed by atoms with Gasteiger partial charge in [0.15, 0.2) is 0 Å². The van der Waals surface area contributed by atoms with Gasteiger partial charge in [-0.2, -0.15) is 0 Å². The molecule has 0 aromatic heterocycles. The lowest BCUT2D eigenvalue weighted by atomic mass is 10.1. The number of nitrogens with zero attached hydrogens (tertiary/aromatic N) is 2. The van der Waals surface area contributed by atoms with Crippen molar-refractivity contribution in [1.29, 1.82) is 0 Å². The maximum absolute atomic E-state index is 12.9. The molecule has 7 nitrogen and oxygen atoms in total. The Hall–Kier alpha value is -3.65. The number of anilines is 2. The Morgan fingerprint density at radius 2 is 1.45 bits per heavy atom. The van der Waals surface area contributed by atoms with Gasteiger partial charge in [-0.05, 0) is 61.4 Å². The van der Waals surface area contributed by atoms with Crippen molar-refractivity contribution >= 4 is 33.2 Å². The zero-order valence-electron chi connectivity index (χ0n) is 18.3. The van der Waals surface area contributed by atoms with E-state index in [1.54, 1.807) is 53.4 Å². The number of para-hydroxylation sites is 2. The predicted octanol–water partition coefficient (Wildman–Crippen LogP) is 4.00. The summed E-state index contributed by atoms with van der Waals surface area (Å²) in [6.45, 7) is 1.43. The molecule has 0 spiro atoms. The minimum atomic E-state index is -3.77. The van der Waals surface area contributed by atoms with Crippen LogP contribution in [0.25, 0.3) is 0 Å². The molecule has 1 heterocycles. The Morgan fingerprint density at radius 3 is 2.12 bits per heavy atom. The highest BCUT2D eigenvalue weighted by molar-refractivity contribution is 7.92. The second-order valence-corrected chi connectivity index (χ2v) is 9.80. The fourth-order valence-electron chi connectivity index (χ4n) is 3.78. The molecule has 0 bridgehead atoms. The minimum Gasteiger partial charge on any atom is -0.339 e. The fourth-order valence-corrected chi connectivity index (χ4v) is 4.97. The molecule has 0 saturated carbocycles. The molecule has 33 heavy (non-hydrogen) atoms. The first-order valence-corrected chi connectivity index (χ1v) is 12.2. The van der Waals surface area contributed by atoms with E-state index in [1.807, 2.05) is 6.07 Å². The summed E-state index contributed by atoms with van der Waals surface area (Å²) in [7, 11) is -2.28. The van der Waals surface area contributed by atoms with Crippen molar-refractivity contribution in [2.75, 3.05) is 29.8 Å². The van der Waals surface area contributed by atoms with Crippen molar-refractivity contribution in [2.45, 2.75) is 17.7 Å². The number of nitrogens with one attached hydrogen (secondary N) is 1. The molecular weight excluding hydrogens is 438 g/mol. The van der Waals surface area contributed by atoms with Gasteiger partial charge in [0, 0.05) is 25.7 Å². The molecule has 1 aliphatic rings. The molecule has 1 saturated heterocycles. The molecule has 1 aliphatic heterocycles. The number of hydrogen-bond acceptors (Lipinski definition) is 4. The van der Waals surface area contributed by atoms with E-state index in [9.17, 15) is 18.0 Å². The van der Waals surface area contributed by atoms with E-state index in [0.29, 0.717) is 35.6 Å². The topological polar surface area (TPSA) is 86.8 Å². The number of benzene rings is 3. The van der Waals surface area contributed by atoms with Crippen LogP contribution >= 0.6 is 0 Å². The smallest absolute Gasteiger partial charge is 0.264 e. The monoisotopic (exact) mass is 463 g/mol. The Balaban J connectivity index is 1.51. The van der Waals surface area contributed by atoms with Crippen LogP contribution in [0.4, 0.5) is 11.4 Å². The fraction of sp³-hybridized carbons (Fsp3) is 0.200. The Bertz CT molecular complexity index is 1250. The maximum Gasteiger partial charge on any atom is 0.264 e. The summed E-state index contributed by atoms with van der Waals surface area (Å²) in [6, 6.07) is 21.4. The van der Waals surface area contributed by atoms with E-state index in [1.165, 1.54) is 35.6 Å². The van der Waals surface area contributed by atoms with Gasteiger partial charge in [0.25, 0.3) is 21.8 Å². The third-order valence-electron chi connectivity index (χ3n) is 5.69. The molecule has 0 radical (unpaired) electrons. The highest BCUT2D eigenvalue weighted by Gasteiger charge is 2.24. The van der Waals surface area contributed by atoms with Crippen molar-refractivity contribution in [1.82, 2.24) is 4.90 Å². The van der Waals surface area contributed by atoms with Crippen molar-refractivity contribution < 1.29 is 18.0 Å². The van der Waals surface area contributed by atoms with Gasteiger partial charge in [-0.1, -0.05) is 30.3 Å². The molecule has 0 atom stereocenters. The molecule has 3 aromatic rings. The number of likely N-dealkylation sites (tertiary alicyclic amines) is 1. The Labute approximate surface area is 193 Å². The van der Waals surface area contributed by atoms with Crippen molar-refractivity contribution in [2.24, 2.45) is 0 Å².